The zero-order chi connectivity index (χ0) is 19.4. The molecule has 1 N–H and O–H groups in total. The summed E-state index contributed by atoms with van der Waals surface area (Å²) in [6.45, 7) is -0.177. The third kappa shape index (κ3) is 4.85. The van der Waals surface area contributed by atoms with Crippen LogP contribution in [0, 0.1) is 16.0 Å². The van der Waals surface area contributed by atoms with Crippen LogP contribution in [0.1, 0.15) is 43.4 Å². The van der Waals surface area contributed by atoms with E-state index in [4.69, 9.17) is 0 Å². The van der Waals surface area contributed by atoms with Crippen molar-refractivity contribution in [2.45, 2.75) is 50.0 Å². The van der Waals surface area contributed by atoms with Crippen LogP contribution in [0.25, 0.3) is 11.3 Å². The number of sulfone groups is 1. The van der Waals surface area contributed by atoms with Crippen molar-refractivity contribution in [3.8, 4) is 11.3 Å². The molecular formula is C18H23N3O5S. The molecule has 0 bridgehead atoms. The van der Waals surface area contributed by atoms with Gasteiger partial charge in [0.15, 0.2) is 9.84 Å². The average molecular weight is 393 g/mol. The highest BCUT2D eigenvalue weighted by Crippen LogP contribution is 2.32. The van der Waals surface area contributed by atoms with Gasteiger partial charge in [-0.25, -0.2) is 8.42 Å². The predicted molar refractivity (Wildman–Crippen MR) is 99.2 cm³/mol. The lowest BCUT2D eigenvalue weighted by Gasteiger charge is -2.22. The molecule has 146 valence electrons. The predicted octanol–water partition coefficient (Wildman–Crippen LogP) is 3.31. The van der Waals surface area contributed by atoms with Gasteiger partial charge in [-0.2, -0.15) is 5.10 Å². The summed E-state index contributed by atoms with van der Waals surface area (Å²) < 4.78 is 23.3. The van der Waals surface area contributed by atoms with Crippen molar-refractivity contribution in [1.82, 2.24) is 10.2 Å². The summed E-state index contributed by atoms with van der Waals surface area (Å²) in [5.74, 6) is 0.514. The Kier molecular flexibility index (Phi) is 5.79. The Labute approximate surface area is 158 Å². The number of nitrogens with one attached hydrogen (secondary N) is 1. The van der Waals surface area contributed by atoms with Crippen LogP contribution in [0.4, 0.5) is 0 Å². The third-order valence-corrected chi connectivity index (χ3v) is 6.17. The van der Waals surface area contributed by atoms with E-state index in [1.165, 1.54) is 19.3 Å². The Morgan fingerprint density at radius 3 is 2.48 bits per heavy atom. The van der Waals surface area contributed by atoms with Crippen molar-refractivity contribution in [3.05, 3.63) is 45.6 Å². The van der Waals surface area contributed by atoms with E-state index < -0.39 is 14.9 Å². The van der Waals surface area contributed by atoms with Gasteiger partial charge >= 0.3 is 0 Å². The minimum Gasteiger partial charge on any atom is -0.308 e. The number of rotatable bonds is 7. The van der Waals surface area contributed by atoms with Gasteiger partial charge in [-0.1, -0.05) is 44.2 Å². The highest BCUT2D eigenvalue weighted by molar-refractivity contribution is 7.90. The molecule has 0 unspecified atom stereocenters. The number of aromatic amines is 1. The van der Waals surface area contributed by atoms with Crippen molar-refractivity contribution in [2.75, 3.05) is 6.26 Å². The summed E-state index contributed by atoms with van der Waals surface area (Å²) in [5.41, 5.74) is 2.98. The van der Waals surface area contributed by atoms with Crippen LogP contribution in [0.5, 0.6) is 0 Å². The molecule has 27 heavy (non-hydrogen) atoms. The minimum atomic E-state index is -3.27. The fraction of sp³-hybridized carbons (Fsp3) is 0.500. The van der Waals surface area contributed by atoms with E-state index in [-0.39, 0.29) is 11.5 Å². The molecule has 0 saturated heterocycles. The molecule has 0 radical (unpaired) electrons. The van der Waals surface area contributed by atoms with Crippen molar-refractivity contribution in [1.29, 1.82) is 0 Å². The number of nitrogens with zero attached hydrogens (tertiary/aromatic N) is 2. The van der Waals surface area contributed by atoms with E-state index in [9.17, 15) is 18.5 Å². The molecule has 1 aromatic heterocycles. The molecule has 8 nitrogen and oxygen atoms in total. The van der Waals surface area contributed by atoms with Crippen LogP contribution in [0.3, 0.4) is 0 Å². The Morgan fingerprint density at radius 2 is 1.89 bits per heavy atom. The first-order chi connectivity index (χ1) is 12.8. The van der Waals surface area contributed by atoms with Crippen LogP contribution >= 0.6 is 0 Å². The number of hydrogen-bond acceptors (Lipinski definition) is 6. The molecule has 0 atom stereocenters. The summed E-state index contributed by atoms with van der Waals surface area (Å²) >= 11 is 0. The Balaban J connectivity index is 1.92. The molecule has 3 rings (SSSR count). The Hall–Kier alpha value is -2.42. The van der Waals surface area contributed by atoms with Gasteiger partial charge in [0, 0.05) is 17.4 Å². The second-order valence-electron chi connectivity index (χ2n) is 7.03. The molecular weight excluding hydrogens is 370 g/mol. The van der Waals surface area contributed by atoms with Crippen molar-refractivity contribution < 1.29 is 18.3 Å². The van der Waals surface area contributed by atoms with Gasteiger partial charge in [0.05, 0.1) is 16.3 Å². The molecule has 0 spiro atoms. The monoisotopic (exact) mass is 393 g/mol. The van der Waals surface area contributed by atoms with Crippen LogP contribution in [0.15, 0.2) is 29.2 Å². The van der Waals surface area contributed by atoms with Gasteiger partial charge in [-0.3, -0.25) is 5.10 Å². The van der Waals surface area contributed by atoms with Gasteiger partial charge in [0.2, 0.25) is 0 Å². The van der Waals surface area contributed by atoms with Gasteiger partial charge in [-0.15, -0.1) is 10.1 Å². The number of benzene rings is 1. The first-order valence-corrected chi connectivity index (χ1v) is 10.9. The van der Waals surface area contributed by atoms with Crippen molar-refractivity contribution in [3.63, 3.8) is 0 Å². The van der Waals surface area contributed by atoms with Crippen LogP contribution in [0.2, 0.25) is 0 Å². The lowest BCUT2D eigenvalue weighted by atomic mass is 9.84. The van der Waals surface area contributed by atoms with Gasteiger partial charge in [-0.05, 0) is 24.5 Å². The smallest absolute Gasteiger partial charge is 0.294 e. The minimum absolute atomic E-state index is 0.177. The average Bonchev–Trinajstić information content (AvgIpc) is 3.03. The molecule has 1 aliphatic carbocycles. The summed E-state index contributed by atoms with van der Waals surface area (Å²) in [5, 5.41) is 17.0. The van der Waals surface area contributed by atoms with Gasteiger partial charge in [0.1, 0.15) is 6.61 Å². The fourth-order valence-electron chi connectivity index (χ4n) is 3.64. The lowest BCUT2D eigenvalue weighted by molar-refractivity contribution is -0.763. The summed E-state index contributed by atoms with van der Waals surface area (Å²) in [4.78, 5) is 15.4. The second kappa shape index (κ2) is 8.08. The van der Waals surface area contributed by atoms with E-state index >= 15 is 0 Å². The largest absolute Gasteiger partial charge is 0.308 e. The first kappa shape index (κ1) is 19.3. The maximum atomic E-state index is 11.7. The molecule has 1 fully saturated rings. The van der Waals surface area contributed by atoms with E-state index in [1.807, 2.05) is 0 Å². The van der Waals surface area contributed by atoms with Gasteiger partial charge in [0.25, 0.3) is 5.09 Å². The SMILES string of the molecule is CS(=O)(=O)c1ccc(-c2n[nH]c(CO[N+](=O)[O-])c2CC2CCCCC2)cc1. The number of hydrogen-bond donors (Lipinski definition) is 1. The molecule has 9 heteroatoms. The highest BCUT2D eigenvalue weighted by Gasteiger charge is 2.22. The molecule has 1 aliphatic rings. The molecule has 1 aromatic carbocycles. The number of aromatic nitrogens is 2. The van der Waals surface area contributed by atoms with E-state index in [2.05, 4.69) is 15.0 Å². The molecule has 1 heterocycles. The zero-order valence-electron chi connectivity index (χ0n) is 15.2. The van der Waals surface area contributed by atoms with E-state index in [0.29, 0.717) is 17.3 Å². The third-order valence-electron chi connectivity index (χ3n) is 5.04. The highest BCUT2D eigenvalue weighted by atomic mass is 32.2. The maximum absolute atomic E-state index is 11.7. The Bertz CT molecular complexity index is 900. The topological polar surface area (TPSA) is 115 Å². The van der Waals surface area contributed by atoms with E-state index in [0.717, 1.165) is 36.6 Å². The summed E-state index contributed by atoms with van der Waals surface area (Å²) in [7, 11) is -3.27. The normalized spacial score (nSPS) is 15.6. The molecule has 0 amide bonds. The van der Waals surface area contributed by atoms with Crippen molar-refractivity contribution in [2.24, 2.45) is 5.92 Å². The molecule has 0 aliphatic heterocycles. The standard InChI is InChI=1S/C18H23N3O5S/c1-27(24,25)15-9-7-14(8-10-15)18-16(11-13-5-3-2-4-6-13)17(19-20-18)12-26-21(22)23/h7-10,13H,2-6,11-12H2,1H3,(H,19,20). The molecule has 1 saturated carbocycles. The quantitative estimate of drug-likeness (QED) is 0.570. The maximum Gasteiger partial charge on any atom is 0.294 e. The van der Waals surface area contributed by atoms with Crippen LogP contribution in [-0.4, -0.2) is 30.0 Å². The lowest BCUT2D eigenvalue weighted by Crippen LogP contribution is -2.11. The van der Waals surface area contributed by atoms with Gasteiger partial charge < -0.3 is 4.84 Å². The fourth-order valence-corrected chi connectivity index (χ4v) is 4.27. The zero-order valence-corrected chi connectivity index (χ0v) is 16.0. The van der Waals surface area contributed by atoms with Crippen molar-refractivity contribution >= 4 is 9.84 Å². The summed E-state index contributed by atoms with van der Waals surface area (Å²) in [6.07, 6.45) is 7.84. The second-order valence-corrected chi connectivity index (χ2v) is 9.05. The Morgan fingerprint density at radius 1 is 1.22 bits per heavy atom. The first-order valence-electron chi connectivity index (χ1n) is 8.98. The molecule has 2 aromatic rings. The van der Waals surface area contributed by atoms with E-state index in [1.54, 1.807) is 24.3 Å². The van der Waals surface area contributed by atoms with Crippen LogP contribution in [-0.2, 0) is 27.7 Å². The van der Waals surface area contributed by atoms with Crippen LogP contribution < -0.4 is 0 Å². The summed E-state index contributed by atoms with van der Waals surface area (Å²) in [6, 6.07) is 6.54. The number of H-pyrrole nitrogens is 1.